The lowest BCUT2D eigenvalue weighted by Gasteiger charge is -2.15. The number of amides is 1. The van der Waals surface area contributed by atoms with Crippen molar-refractivity contribution in [1.82, 2.24) is 4.98 Å². The van der Waals surface area contributed by atoms with E-state index >= 15 is 0 Å². The molecule has 0 bridgehead atoms. The number of ether oxygens (including phenoxy) is 2. The Morgan fingerprint density at radius 1 is 0.967 bits per heavy atom. The SMILES string of the molecule is CCc1nc2ccccc2c(C)c1C(=O)Nc1cc(C(=O)OC)cc(C(=O)OC)c1. The second kappa shape index (κ2) is 8.73. The van der Waals surface area contributed by atoms with Gasteiger partial charge in [-0.2, -0.15) is 0 Å². The van der Waals surface area contributed by atoms with Crippen molar-refractivity contribution in [2.75, 3.05) is 19.5 Å². The van der Waals surface area contributed by atoms with Gasteiger partial charge in [0.25, 0.3) is 5.91 Å². The van der Waals surface area contributed by atoms with Crippen LogP contribution in [-0.4, -0.2) is 37.0 Å². The number of fused-ring (bicyclic) bond motifs is 1. The molecule has 154 valence electrons. The van der Waals surface area contributed by atoms with E-state index in [4.69, 9.17) is 9.47 Å². The Balaban J connectivity index is 2.06. The van der Waals surface area contributed by atoms with Crippen molar-refractivity contribution in [2.24, 2.45) is 0 Å². The molecule has 1 heterocycles. The first kappa shape index (κ1) is 21.0. The van der Waals surface area contributed by atoms with Crippen LogP contribution in [0.25, 0.3) is 10.9 Å². The van der Waals surface area contributed by atoms with Crippen LogP contribution < -0.4 is 5.32 Å². The Labute approximate surface area is 174 Å². The zero-order chi connectivity index (χ0) is 21.8. The van der Waals surface area contributed by atoms with Crippen LogP contribution in [0.5, 0.6) is 0 Å². The van der Waals surface area contributed by atoms with Crippen molar-refractivity contribution in [3.8, 4) is 0 Å². The number of carbonyl (C=O) groups is 3. The highest BCUT2D eigenvalue weighted by Crippen LogP contribution is 2.25. The highest BCUT2D eigenvalue weighted by atomic mass is 16.5. The van der Waals surface area contributed by atoms with Crippen molar-refractivity contribution < 1.29 is 23.9 Å². The third-order valence-corrected chi connectivity index (χ3v) is 4.82. The molecule has 1 amide bonds. The maximum atomic E-state index is 13.2. The van der Waals surface area contributed by atoms with Crippen LogP contribution in [0.1, 0.15) is 49.3 Å². The summed E-state index contributed by atoms with van der Waals surface area (Å²) < 4.78 is 9.48. The summed E-state index contributed by atoms with van der Waals surface area (Å²) in [5.41, 5.74) is 3.30. The van der Waals surface area contributed by atoms with Crippen molar-refractivity contribution in [1.29, 1.82) is 0 Å². The van der Waals surface area contributed by atoms with E-state index in [2.05, 4.69) is 10.3 Å². The molecule has 30 heavy (non-hydrogen) atoms. The number of aromatic nitrogens is 1. The molecule has 0 spiro atoms. The monoisotopic (exact) mass is 406 g/mol. The minimum Gasteiger partial charge on any atom is -0.465 e. The molecule has 3 rings (SSSR count). The Hall–Kier alpha value is -3.74. The molecule has 0 fully saturated rings. The normalized spacial score (nSPS) is 10.5. The molecule has 2 aromatic carbocycles. The average Bonchev–Trinajstić information content (AvgIpc) is 2.77. The van der Waals surface area contributed by atoms with Gasteiger partial charge in [0.1, 0.15) is 0 Å². The second-order valence-electron chi connectivity index (χ2n) is 6.67. The Morgan fingerprint density at radius 2 is 1.57 bits per heavy atom. The van der Waals surface area contributed by atoms with Crippen molar-refractivity contribution in [2.45, 2.75) is 20.3 Å². The first-order valence-corrected chi connectivity index (χ1v) is 9.40. The Bertz CT molecular complexity index is 1120. The number of hydrogen-bond acceptors (Lipinski definition) is 6. The van der Waals surface area contributed by atoms with E-state index in [0.29, 0.717) is 17.7 Å². The predicted octanol–water partition coefficient (Wildman–Crippen LogP) is 3.93. The number of esters is 2. The van der Waals surface area contributed by atoms with E-state index in [1.165, 1.54) is 32.4 Å². The van der Waals surface area contributed by atoms with Gasteiger partial charge in [-0.1, -0.05) is 25.1 Å². The summed E-state index contributed by atoms with van der Waals surface area (Å²) >= 11 is 0. The first-order chi connectivity index (χ1) is 14.4. The molecule has 0 atom stereocenters. The minimum atomic E-state index is -0.631. The standard InChI is InChI=1S/C23H22N2O5/c1-5-18-20(13(2)17-8-6-7-9-19(17)25-18)21(26)24-16-11-14(22(27)29-3)10-15(12-16)23(28)30-4/h6-12H,5H2,1-4H3,(H,24,26). The molecule has 0 saturated heterocycles. The number of anilines is 1. The van der Waals surface area contributed by atoms with E-state index in [1.54, 1.807) is 0 Å². The number of nitrogens with zero attached hydrogens (tertiary/aromatic N) is 1. The summed E-state index contributed by atoms with van der Waals surface area (Å²) in [4.78, 5) is 41.8. The number of benzene rings is 2. The maximum absolute atomic E-state index is 13.2. The summed E-state index contributed by atoms with van der Waals surface area (Å²) in [5.74, 6) is -1.64. The number of para-hydroxylation sites is 1. The van der Waals surface area contributed by atoms with Crippen LogP contribution in [0.3, 0.4) is 0 Å². The van der Waals surface area contributed by atoms with Crippen LogP contribution in [0.2, 0.25) is 0 Å². The van der Waals surface area contributed by atoms with Gasteiger partial charge in [-0.15, -0.1) is 0 Å². The van der Waals surface area contributed by atoms with Crippen LogP contribution in [0.4, 0.5) is 5.69 Å². The van der Waals surface area contributed by atoms with Crippen molar-refractivity contribution in [3.05, 3.63) is 70.4 Å². The minimum absolute atomic E-state index is 0.125. The Morgan fingerprint density at radius 3 is 2.13 bits per heavy atom. The Kier molecular flexibility index (Phi) is 6.11. The molecule has 0 unspecified atom stereocenters. The summed E-state index contributed by atoms with van der Waals surface area (Å²) in [7, 11) is 2.48. The summed E-state index contributed by atoms with van der Waals surface area (Å²) in [6, 6.07) is 11.9. The zero-order valence-electron chi connectivity index (χ0n) is 17.2. The van der Waals surface area contributed by atoms with E-state index in [9.17, 15) is 14.4 Å². The van der Waals surface area contributed by atoms with Crippen LogP contribution in [0.15, 0.2) is 42.5 Å². The van der Waals surface area contributed by atoms with E-state index in [-0.39, 0.29) is 22.7 Å². The number of rotatable bonds is 5. The van der Waals surface area contributed by atoms with Crippen LogP contribution in [-0.2, 0) is 15.9 Å². The molecule has 0 radical (unpaired) electrons. The lowest BCUT2D eigenvalue weighted by molar-refractivity contribution is 0.0599. The predicted molar refractivity (Wildman–Crippen MR) is 113 cm³/mol. The number of hydrogen-bond donors (Lipinski definition) is 1. The van der Waals surface area contributed by atoms with Gasteiger partial charge in [0.15, 0.2) is 0 Å². The summed E-state index contributed by atoms with van der Waals surface area (Å²) in [5, 5.41) is 3.67. The fourth-order valence-electron chi connectivity index (χ4n) is 3.36. The fraction of sp³-hybridized carbons (Fsp3) is 0.217. The quantitative estimate of drug-likeness (QED) is 0.645. The highest BCUT2D eigenvalue weighted by molar-refractivity contribution is 6.09. The molecular weight excluding hydrogens is 384 g/mol. The second-order valence-corrected chi connectivity index (χ2v) is 6.67. The highest BCUT2D eigenvalue weighted by Gasteiger charge is 2.20. The molecule has 0 aliphatic heterocycles. The van der Waals surface area contributed by atoms with E-state index in [0.717, 1.165) is 16.5 Å². The number of nitrogens with one attached hydrogen (secondary N) is 1. The zero-order valence-corrected chi connectivity index (χ0v) is 17.2. The number of carbonyl (C=O) groups excluding carboxylic acids is 3. The number of methoxy groups -OCH3 is 2. The van der Waals surface area contributed by atoms with Gasteiger partial charge in [-0.25, -0.2) is 9.59 Å². The van der Waals surface area contributed by atoms with Gasteiger partial charge in [0, 0.05) is 11.1 Å². The third-order valence-electron chi connectivity index (χ3n) is 4.82. The van der Waals surface area contributed by atoms with Crippen molar-refractivity contribution >= 4 is 34.4 Å². The number of pyridine rings is 1. The van der Waals surface area contributed by atoms with E-state index in [1.807, 2.05) is 38.1 Å². The van der Waals surface area contributed by atoms with Gasteiger partial charge in [-0.05, 0) is 43.2 Å². The van der Waals surface area contributed by atoms with Gasteiger partial charge >= 0.3 is 11.9 Å². The average molecular weight is 406 g/mol. The molecule has 3 aromatic rings. The van der Waals surface area contributed by atoms with Gasteiger partial charge in [0.2, 0.25) is 0 Å². The molecule has 0 aliphatic carbocycles. The fourth-order valence-corrected chi connectivity index (χ4v) is 3.36. The first-order valence-electron chi connectivity index (χ1n) is 9.40. The largest absolute Gasteiger partial charge is 0.465 e. The molecule has 1 aromatic heterocycles. The molecule has 7 nitrogen and oxygen atoms in total. The number of aryl methyl sites for hydroxylation is 2. The third kappa shape index (κ3) is 4.00. The van der Waals surface area contributed by atoms with Gasteiger partial charge in [0.05, 0.1) is 42.1 Å². The lowest BCUT2D eigenvalue weighted by Crippen LogP contribution is -2.18. The van der Waals surface area contributed by atoms with E-state index < -0.39 is 11.9 Å². The summed E-state index contributed by atoms with van der Waals surface area (Å²) in [6.07, 6.45) is 0.573. The molecule has 1 N–H and O–H groups in total. The molecule has 0 saturated carbocycles. The van der Waals surface area contributed by atoms with Gasteiger partial charge in [-0.3, -0.25) is 9.78 Å². The maximum Gasteiger partial charge on any atom is 0.337 e. The smallest absolute Gasteiger partial charge is 0.337 e. The molecular formula is C23H22N2O5. The van der Waals surface area contributed by atoms with Crippen molar-refractivity contribution in [3.63, 3.8) is 0 Å². The summed E-state index contributed by atoms with van der Waals surface area (Å²) in [6.45, 7) is 3.81. The van der Waals surface area contributed by atoms with Crippen LogP contribution >= 0.6 is 0 Å². The van der Waals surface area contributed by atoms with Crippen LogP contribution in [0, 0.1) is 6.92 Å². The molecule has 0 aliphatic rings. The lowest BCUT2D eigenvalue weighted by atomic mass is 9.99. The topological polar surface area (TPSA) is 94.6 Å². The van der Waals surface area contributed by atoms with Gasteiger partial charge < -0.3 is 14.8 Å². The molecule has 7 heteroatoms.